The van der Waals surface area contributed by atoms with Gasteiger partial charge in [-0.25, -0.2) is 0 Å². The lowest BCUT2D eigenvalue weighted by molar-refractivity contribution is -0.912. The highest BCUT2D eigenvalue weighted by Crippen LogP contribution is 2.30. The second-order valence-electron chi connectivity index (χ2n) is 9.55. The molecule has 0 aromatic heterocycles. The Morgan fingerprint density at radius 2 is 1.97 bits per heavy atom. The molecule has 0 aliphatic carbocycles. The Morgan fingerprint density at radius 1 is 1.24 bits per heavy atom. The van der Waals surface area contributed by atoms with Crippen LogP contribution in [-0.4, -0.2) is 43.9 Å². The summed E-state index contributed by atoms with van der Waals surface area (Å²) in [6, 6.07) is 11.8. The van der Waals surface area contributed by atoms with E-state index in [9.17, 15) is 9.90 Å². The summed E-state index contributed by atoms with van der Waals surface area (Å²) in [4.78, 5) is 10.7. The molecule has 0 bridgehead atoms. The van der Waals surface area contributed by atoms with Gasteiger partial charge in [0.2, 0.25) is 0 Å². The Labute approximate surface area is 209 Å². The first-order valence-electron chi connectivity index (χ1n) is 11.2. The van der Waals surface area contributed by atoms with E-state index >= 15 is 0 Å². The predicted octanol–water partition coefficient (Wildman–Crippen LogP) is 4.62. The van der Waals surface area contributed by atoms with E-state index in [-0.39, 0.29) is 0 Å². The van der Waals surface area contributed by atoms with Gasteiger partial charge in [-0.1, -0.05) is 47.4 Å². The Balaban J connectivity index is 1.73. The number of carboxylic acid groups (broad SMARTS) is 1. The molecule has 2 aromatic carbocycles. The van der Waals surface area contributed by atoms with Crippen LogP contribution in [-0.2, 0) is 13.2 Å². The molecule has 1 amide bonds. The number of carbonyl (C=O) groups is 1. The summed E-state index contributed by atoms with van der Waals surface area (Å²) in [6.45, 7) is 8.45. The minimum Gasteiger partial charge on any atom is -0.530 e. The van der Waals surface area contributed by atoms with Crippen LogP contribution in [0.1, 0.15) is 31.4 Å². The number of carbonyl (C=O) groups excluding carboxylic acids is 1. The molecule has 0 saturated carbocycles. The molecule has 1 fully saturated rings. The number of benzene rings is 2. The van der Waals surface area contributed by atoms with E-state index < -0.39 is 6.09 Å². The van der Waals surface area contributed by atoms with Crippen LogP contribution in [0.25, 0.3) is 0 Å². The summed E-state index contributed by atoms with van der Waals surface area (Å²) in [5, 5.41) is 13.8. The summed E-state index contributed by atoms with van der Waals surface area (Å²) in [6.07, 6.45) is -0.228. The normalized spacial score (nSPS) is 20.1. The minimum atomic E-state index is -1.21. The molecular formula is C25H32BrClN2O4. The van der Waals surface area contributed by atoms with Crippen molar-refractivity contribution in [2.24, 2.45) is 11.8 Å². The van der Waals surface area contributed by atoms with Crippen LogP contribution >= 0.6 is 27.5 Å². The first-order valence-corrected chi connectivity index (χ1v) is 12.4. The van der Waals surface area contributed by atoms with E-state index in [0.717, 1.165) is 57.6 Å². The second-order valence-corrected chi connectivity index (χ2v) is 10.8. The fourth-order valence-corrected chi connectivity index (χ4v) is 5.03. The molecule has 1 N–H and O–H groups in total. The van der Waals surface area contributed by atoms with Crippen molar-refractivity contribution in [3.05, 3.63) is 57.0 Å². The van der Waals surface area contributed by atoms with Crippen LogP contribution < -0.4 is 19.9 Å². The van der Waals surface area contributed by atoms with Gasteiger partial charge in [0.05, 0.1) is 26.7 Å². The Hall–Kier alpha value is -1.96. The fourth-order valence-electron chi connectivity index (χ4n) is 4.23. The van der Waals surface area contributed by atoms with Crippen molar-refractivity contribution in [3.63, 3.8) is 0 Å². The zero-order valence-corrected chi connectivity index (χ0v) is 21.7. The lowest BCUT2D eigenvalue weighted by Gasteiger charge is -2.30. The van der Waals surface area contributed by atoms with E-state index in [1.165, 1.54) is 0 Å². The second kappa shape index (κ2) is 11.4. The lowest BCUT2D eigenvalue weighted by atomic mass is 10.1. The highest BCUT2D eigenvalue weighted by atomic mass is 79.9. The molecule has 6 nitrogen and oxygen atoms in total. The van der Waals surface area contributed by atoms with Crippen molar-refractivity contribution >= 4 is 33.6 Å². The topological polar surface area (TPSA) is 70.6 Å². The zero-order chi connectivity index (χ0) is 24.0. The average Bonchev–Trinajstić information content (AvgIpc) is 3.10. The summed E-state index contributed by atoms with van der Waals surface area (Å²) in [5.41, 5.74) is 2.15. The monoisotopic (exact) mass is 538 g/mol. The van der Waals surface area contributed by atoms with Crippen LogP contribution in [0.15, 0.2) is 40.9 Å². The maximum atomic E-state index is 10.7. The van der Waals surface area contributed by atoms with Gasteiger partial charge in [0.25, 0.3) is 0 Å². The standard InChI is InChI=1S/C25H32BrClN2O4/c1-17(2)15-32-22-8-19(14-29(3)7-6-18(13-29)12-28-25(30)31)9-23(11-22)33-16-20-4-5-21(27)10-24(20)26/h4-5,8-11,17-18,28H,6-7,12-16H2,1-3H3. The van der Waals surface area contributed by atoms with Crippen molar-refractivity contribution in [2.75, 3.05) is 33.3 Å². The van der Waals surface area contributed by atoms with Gasteiger partial charge in [0, 0.05) is 45.6 Å². The first-order chi connectivity index (χ1) is 15.6. The molecule has 1 aliphatic heterocycles. The van der Waals surface area contributed by atoms with Gasteiger partial charge in [-0.15, -0.1) is 0 Å². The van der Waals surface area contributed by atoms with E-state index in [1.54, 1.807) is 0 Å². The van der Waals surface area contributed by atoms with Gasteiger partial charge in [0.15, 0.2) is 0 Å². The largest absolute Gasteiger partial charge is 0.530 e. The number of likely N-dealkylation sites (tertiary alicyclic amines) is 1. The maximum absolute atomic E-state index is 10.7. The van der Waals surface area contributed by atoms with Gasteiger partial charge < -0.3 is 29.2 Å². The number of quaternary nitrogens is 1. The quantitative estimate of drug-likeness (QED) is 0.448. The molecule has 33 heavy (non-hydrogen) atoms. The van der Waals surface area contributed by atoms with E-state index in [4.69, 9.17) is 21.1 Å². The predicted molar refractivity (Wildman–Crippen MR) is 131 cm³/mol. The molecule has 2 atom stereocenters. The number of nitrogens with one attached hydrogen (secondary N) is 1. The molecular weight excluding hydrogens is 508 g/mol. The summed E-state index contributed by atoms with van der Waals surface area (Å²) in [7, 11) is 2.21. The van der Waals surface area contributed by atoms with Crippen molar-refractivity contribution in [1.82, 2.24) is 5.32 Å². The maximum Gasteiger partial charge on any atom is 0.134 e. The number of rotatable bonds is 10. The van der Waals surface area contributed by atoms with Crippen molar-refractivity contribution in [3.8, 4) is 11.5 Å². The van der Waals surface area contributed by atoms with Crippen LogP contribution in [0.5, 0.6) is 11.5 Å². The molecule has 0 radical (unpaired) electrons. The van der Waals surface area contributed by atoms with Gasteiger partial charge >= 0.3 is 0 Å². The van der Waals surface area contributed by atoms with Crippen molar-refractivity contribution < 1.29 is 23.9 Å². The summed E-state index contributed by atoms with van der Waals surface area (Å²) in [5.74, 6) is 2.29. The van der Waals surface area contributed by atoms with Gasteiger partial charge in [-0.05, 0) is 30.2 Å². The van der Waals surface area contributed by atoms with E-state index in [0.29, 0.717) is 36.6 Å². The van der Waals surface area contributed by atoms with Crippen LogP contribution in [0, 0.1) is 11.8 Å². The molecule has 1 aliphatic rings. The van der Waals surface area contributed by atoms with Crippen LogP contribution in [0.3, 0.4) is 0 Å². The Morgan fingerprint density at radius 3 is 2.64 bits per heavy atom. The number of hydrogen-bond acceptors (Lipinski definition) is 4. The van der Waals surface area contributed by atoms with Gasteiger partial charge in [-0.3, -0.25) is 0 Å². The highest BCUT2D eigenvalue weighted by molar-refractivity contribution is 9.10. The Kier molecular flexibility index (Phi) is 8.90. The smallest absolute Gasteiger partial charge is 0.134 e. The summed E-state index contributed by atoms with van der Waals surface area (Å²) < 4.78 is 13.9. The van der Waals surface area contributed by atoms with Crippen LogP contribution in [0.4, 0.5) is 4.79 Å². The fraction of sp³-hybridized carbons (Fsp3) is 0.480. The molecule has 8 heteroatoms. The Bertz CT molecular complexity index is 971. The highest BCUT2D eigenvalue weighted by Gasteiger charge is 2.34. The van der Waals surface area contributed by atoms with Gasteiger partial charge in [0.1, 0.15) is 30.7 Å². The molecule has 3 rings (SSSR count). The third-order valence-electron chi connectivity index (χ3n) is 5.81. The zero-order valence-electron chi connectivity index (χ0n) is 19.4. The molecule has 0 spiro atoms. The van der Waals surface area contributed by atoms with Crippen molar-refractivity contribution in [2.45, 2.75) is 33.4 Å². The average molecular weight is 540 g/mol. The molecule has 1 saturated heterocycles. The molecule has 2 unspecified atom stereocenters. The third-order valence-corrected chi connectivity index (χ3v) is 6.78. The summed E-state index contributed by atoms with van der Waals surface area (Å²) >= 11 is 9.60. The SMILES string of the molecule is CC(C)COc1cc(C[N+]2(C)CCC(CNC(=O)[O-])C2)cc(OCc2ccc(Cl)cc2Br)c1. The number of halogens is 2. The first kappa shape index (κ1) is 25.7. The number of amides is 1. The minimum absolute atomic E-state index is 0.311. The van der Waals surface area contributed by atoms with Crippen LogP contribution in [0.2, 0.25) is 5.02 Å². The number of ether oxygens (including phenoxy) is 2. The van der Waals surface area contributed by atoms with E-state index in [1.807, 2.05) is 24.3 Å². The third kappa shape index (κ3) is 8.09. The molecule has 2 aromatic rings. The van der Waals surface area contributed by atoms with E-state index in [2.05, 4.69) is 54.3 Å². The number of nitrogens with zero attached hydrogens (tertiary/aromatic N) is 1. The molecule has 180 valence electrons. The molecule has 1 heterocycles. The van der Waals surface area contributed by atoms with Gasteiger partial charge in [-0.2, -0.15) is 0 Å². The lowest BCUT2D eigenvalue weighted by Crippen LogP contribution is -2.43. The number of hydrogen-bond donors (Lipinski definition) is 1. The van der Waals surface area contributed by atoms with Crippen molar-refractivity contribution in [1.29, 1.82) is 0 Å².